The molecule has 1 amide bonds. The smallest absolute Gasteiger partial charge is 0.276 e. The predicted octanol–water partition coefficient (Wildman–Crippen LogP) is 1.78. The van der Waals surface area contributed by atoms with Crippen LogP contribution in [0.4, 0.5) is 10.3 Å². The number of halogens is 1. The minimum absolute atomic E-state index is 0.175. The Labute approximate surface area is 161 Å². The Hall–Kier alpha value is -3.36. The first kappa shape index (κ1) is 18.0. The van der Waals surface area contributed by atoms with E-state index in [-0.39, 0.29) is 17.4 Å². The second-order valence-electron chi connectivity index (χ2n) is 6.69. The van der Waals surface area contributed by atoms with Crippen LogP contribution in [0.2, 0.25) is 0 Å². The fraction of sp³-hybridized carbons (Fsp3) is 0.316. The Bertz CT molecular complexity index is 997. The van der Waals surface area contributed by atoms with Crippen LogP contribution in [0.3, 0.4) is 0 Å². The van der Waals surface area contributed by atoms with Gasteiger partial charge in [-0.1, -0.05) is 11.3 Å². The van der Waals surface area contributed by atoms with Crippen molar-refractivity contribution in [2.75, 3.05) is 31.1 Å². The first-order valence-corrected chi connectivity index (χ1v) is 9.04. The number of benzene rings is 1. The molecule has 3 heterocycles. The zero-order valence-corrected chi connectivity index (χ0v) is 15.7. The van der Waals surface area contributed by atoms with E-state index in [2.05, 4.69) is 20.3 Å². The minimum Gasteiger partial charge on any atom is -0.337 e. The highest BCUT2D eigenvalue weighted by molar-refractivity contribution is 5.93. The molecule has 0 aliphatic carbocycles. The molecule has 8 nitrogen and oxygen atoms in total. The molecule has 0 atom stereocenters. The Morgan fingerprint density at radius 3 is 2.50 bits per heavy atom. The number of hydrogen-bond acceptors (Lipinski definition) is 6. The van der Waals surface area contributed by atoms with Gasteiger partial charge in [0.2, 0.25) is 5.95 Å². The van der Waals surface area contributed by atoms with Gasteiger partial charge in [0.1, 0.15) is 5.82 Å². The maximum absolute atomic E-state index is 13.6. The lowest BCUT2D eigenvalue weighted by Crippen LogP contribution is -2.49. The van der Waals surface area contributed by atoms with Gasteiger partial charge in [-0.25, -0.2) is 19.0 Å². The molecular weight excluding hydrogens is 361 g/mol. The quantitative estimate of drug-likeness (QED) is 0.688. The van der Waals surface area contributed by atoms with Gasteiger partial charge in [0.05, 0.1) is 11.4 Å². The van der Waals surface area contributed by atoms with Crippen LogP contribution in [-0.4, -0.2) is 61.9 Å². The number of rotatable bonds is 3. The van der Waals surface area contributed by atoms with Crippen LogP contribution >= 0.6 is 0 Å². The molecule has 1 aliphatic heterocycles. The number of carbonyl (C=O) groups is 1. The number of aromatic nitrogens is 5. The molecule has 144 valence electrons. The van der Waals surface area contributed by atoms with Crippen molar-refractivity contribution in [3.63, 3.8) is 0 Å². The minimum atomic E-state index is -0.359. The summed E-state index contributed by atoms with van der Waals surface area (Å²) < 4.78 is 15.2. The summed E-state index contributed by atoms with van der Waals surface area (Å²) >= 11 is 0. The molecular formula is C19H20FN7O. The zero-order chi connectivity index (χ0) is 19.7. The summed E-state index contributed by atoms with van der Waals surface area (Å²) in [6.45, 7) is 6.01. The number of piperazine rings is 1. The molecule has 0 saturated carbocycles. The average molecular weight is 381 g/mol. The van der Waals surface area contributed by atoms with Crippen molar-refractivity contribution < 1.29 is 9.18 Å². The van der Waals surface area contributed by atoms with Crippen molar-refractivity contribution in [2.24, 2.45) is 0 Å². The molecule has 1 aromatic carbocycles. The van der Waals surface area contributed by atoms with E-state index in [4.69, 9.17) is 0 Å². The molecule has 4 rings (SSSR count). The van der Waals surface area contributed by atoms with Gasteiger partial charge in [0.15, 0.2) is 5.69 Å². The van der Waals surface area contributed by atoms with Gasteiger partial charge < -0.3 is 9.80 Å². The summed E-state index contributed by atoms with van der Waals surface area (Å²) in [6, 6.07) is 6.24. The fourth-order valence-corrected chi connectivity index (χ4v) is 3.28. The topological polar surface area (TPSA) is 80.0 Å². The molecule has 28 heavy (non-hydrogen) atoms. The lowest BCUT2D eigenvalue weighted by Gasteiger charge is -2.34. The van der Waals surface area contributed by atoms with E-state index >= 15 is 0 Å². The van der Waals surface area contributed by atoms with Crippen molar-refractivity contribution in [3.05, 3.63) is 59.4 Å². The second-order valence-corrected chi connectivity index (χ2v) is 6.69. The summed E-state index contributed by atoms with van der Waals surface area (Å²) in [6.07, 6.45) is 3.41. The molecule has 3 aromatic rings. The highest BCUT2D eigenvalue weighted by Gasteiger charge is 2.27. The van der Waals surface area contributed by atoms with Crippen LogP contribution in [0.5, 0.6) is 0 Å². The van der Waals surface area contributed by atoms with Gasteiger partial charge in [-0.2, -0.15) is 0 Å². The molecule has 1 aliphatic rings. The molecule has 9 heteroatoms. The number of nitrogens with zero attached hydrogens (tertiary/aromatic N) is 7. The summed E-state index contributed by atoms with van der Waals surface area (Å²) in [5.74, 6) is 0.132. The molecule has 2 aromatic heterocycles. The third kappa shape index (κ3) is 3.30. The maximum atomic E-state index is 13.6. The summed E-state index contributed by atoms with van der Waals surface area (Å²) in [7, 11) is 0. The number of amides is 1. The predicted molar refractivity (Wildman–Crippen MR) is 101 cm³/mol. The average Bonchev–Trinajstić information content (AvgIpc) is 3.11. The van der Waals surface area contributed by atoms with E-state index < -0.39 is 0 Å². The van der Waals surface area contributed by atoms with Gasteiger partial charge in [-0.15, -0.1) is 5.10 Å². The Kier molecular flexibility index (Phi) is 4.72. The lowest BCUT2D eigenvalue weighted by atomic mass is 10.2. The highest BCUT2D eigenvalue weighted by atomic mass is 19.1. The van der Waals surface area contributed by atoms with Gasteiger partial charge in [0.25, 0.3) is 5.91 Å². The van der Waals surface area contributed by atoms with Gasteiger partial charge in [-0.3, -0.25) is 4.79 Å². The summed E-state index contributed by atoms with van der Waals surface area (Å²) in [5, 5.41) is 8.16. The lowest BCUT2D eigenvalue weighted by molar-refractivity contribution is 0.0739. The number of aryl methyl sites for hydroxylation is 1. The molecule has 0 radical (unpaired) electrons. The Morgan fingerprint density at radius 2 is 1.79 bits per heavy atom. The van der Waals surface area contributed by atoms with E-state index in [0.29, 0.717) is 43.5 Å². The second kappa shape index (κ2) is 7.34. The van der Waals surface area contributed by atoms with Crippen LogP contribution in [0.25, 0.3) is 5.69 Å². The van der Waals surface area contributed by atoms with Crippen LogP contribution in [-0.2, 0) is 0 Å². The number of carbonyl (C=O) groups excluding carboxylic acids is 1. The monoisotopic (exact) mass is 381 g/mol. The third-order valence-electron chi connectivity index (χ3n) is 4.90. The molecule has 0 N–H and O–H groups in total. The Morgan fingerprint density at radius 1 is 1.07 bits per heavy atom. The third-order valence-corrected chi connectivity index (χ3v) is 4.90. The molecule has 1 saturated heterocycles. The molecule has 0 unspecified atom stereocenters. The summed E-state index contributed by atoms with van der Waals surface area (Å²) in [4.78, 5) is 25.2. The zero-order valence-electron chi connectivity index (χ0n) is 15.7. The van der Waals surface area contributed by atoms with Crippen LogP contribution in [0, 0.1) is 19.7 Å². The van der Waals surface area contributed by atoms with E-state index in [1.54, 1.807) is 36.4 Å². The highest BCUT2D eigenvalue weighted by Crippen LogP contribution is 2.19. The first-order chi connectivity index (χ1) is 13.5. The van der Waals surface area contributed by atoms with E-state index in [9.17, 15) is 9.18 Å². The summed E-state index contributed by atoms with van der Waals surface area (Å²) in [5.41, 5.74) is 2.31. The SMILES string of the molecule is Cc1ccc(F)cc1-n1nnc(C(=O)N2CCN(c3ncccn3)CC2)c1C. The van der Waals surface area contributed by atoms with Gasteiger partial charge >= 0.3 is 0 Å². The van der Waals surface area contributed by atoms with E-state index in [1.807, 2.05) is 11.8 Å². The van der Waals surface area contributed by atoms with E-state index in [0.717, 1.165) is 5.56 Å². The van der Waals surface area contributed by atoms with Crippen LogP contribution in [0.1, 0.15) is 21.7 Å². The standard InChI is InChI=1S/C19H20FN7O/c1-13-4-5-15(20)12-16(13)27-14(2)17(23-24-27)18(28)25-8-10-26(11-9-25)19-21-6-3-7-22-19/h3-7,12H,8-11H2,1-2H3. The van der Waals surface area contributed by atoms with Crippen molar-refractivity contribution in [2.45, 2.75) is 13.8 Å². The van der Waals surface area contributed by atoms with Gasteiger partial charge in [0, 0.05) is 38.6 Å². The van der Waals surface area contributed by atoms with Gasteiger partial charge in [-0.05, 0) is 37.6 Å². The van der Waals surface area contributed by atoms with Crippen molar-refractivity contribution in [1.29, 1.82) is 0 Å². The van der Waals surface area contributed by atoms with Crippen molar-refractivity contribution in [3.8, 4) is 5.69 Å². The fourth-order valence-electron chi connectivity index (χ4n) is 3.28. The normalized spacial score (nSPS) is 14.4. The van der Waals surface area contributed by atoms with Crippen molar-refractivity contribution >= 4 is 11.9 Å². The molecule has 0 bridgehead atoms. The van der Waals surface area contributed by atoms with Crippen LogP contribution in [0.15, 0.2) is 36.7 Å². The Balaban J connectivity index is 1.51. The first-order valence-electron chi connectivity index (χ1n) is 9.04. The maximum Gasteiger partial charge on any atom is 0.276 e. The largest absolute Gasteiger partial charge is 0.337 e. The number of hydrogen-bond donors (Lipinski definition) is 0. The molecule has 0 spiro atoms. The van der Waals surface area contributed by atoms with E-state index in [1.165, 1.54) is 16.8 Å². The van der Waals surface area contributed by atoms with Crippen molar-refractivity contribution in [1.82, 2.24) is 29.9 Å². The van der Waals surface area contributed by atoms with Crippen LogP contribution < -0.4 is 4.90 Å². The number of anilines is 1. The molecule has 1 fully saturated rings.